The second-order valence-corrected chi connectivity index (χ2v) is 7.81. The van der Waals surface area contributed by atoms with Crippen molar-refractivity contribution in [1.29, 1.82) is 0 Å². The van der Waals surface area contributed by atoms with E-state index in [9.17, 15) is 0 Å². The Bertz CT molecular complexity index is 980. The van der Waals surface area contributed by atoms with Crippen molar-refractivity contribution in [3.05, 3.63) is 86.8 Å². The van der Waals surface area contributed by atoms with E-state index in [0.29, 0.717) is 18.2 Å². The molecule has 3 aromatic carbocycles. The first-order valence-corrected chi connectivity index (χ1v) is 10.1. The zero-order valence-corrected chi connectivity index (χ0v) is 17.4. The summed E-state index contributed by atoms with van der Waals surface area (Å²) in [6.45, 7) is 2.16. The maximum atomic E-state index is 6.05. The Morgan fingerprint density at radius 1 is 0.929 bits per heavy atom. The van der Waals surface area contributed by atoms with E-state index in [2.05, 4.69) is 27.3 Å². The van der Waals surface area contributed by atoms with Gasteiger partial charge in [-0.2, -0.15) is 0 Å². The van der Waals surface area contributed by atoms with Crippen LogP contribution in [0.15, 0.2) is 65.1 Å². The maximum Gasteiger partial charge on any atom is 0.231 e. The van der Waals surface area contributed by atoms with Crippen LogP contribution in [0.4, 0.5) is 0 Å². The molecule has 3 aromatic rings. The van der Waals surface area contributed by atoms with Crippen LogP contribution in [0.2, 0.25) is 5.02 Å². The standard InChI is InChI=1S/C22H19BrClNO3/c23-18-5-7-20(26-13-16-2-1-3-19(24)8-16)17(10-18)12-25-11-15-4-6-21-22(9-15)28-14-27-21/h1-10,25H,11-14H2. The van der Waals surface area contributed by atoms with Gasteiger partial charge in [-0.05, 0) is 53.6 Å². The minimum Gasteiger partial charge on any atom is -0.489 e. The average molecular weight is 461 g/mol. The van der Waals surface area contributed by atoms with Gasteiger partial charge in [0, 0.05) is 28.1 Å². The van der Waals surface area contributed by atoms with E-state index in [1.807, 2.05) is 54.6 Å². The molecule has 0 amide bonds. The van der Waals surface area contributed by atoms with E-state index in [1.54, 1.807) is 0 Å². The van der Waals surface area contributed by atoms with E-state index in [1.165, 1.54) is 0 Å². The molecule has 6 heteroatoms. The lowest BCUT2D eigenvalue weighted by Gasteiger charge is -2.13. The van der Waals surface area contributed by atoms with Crippen LogP contribution >= 0.6 is 27.5 Å². The normalized spacial score (nSPS) is 12.2. The fourth-order valence-electron chi connectivity index (χ4n) is 3.01. The van der Waals surface area contributed by atoms with Crippen LogP contribution in [0, 0.1) is 0 Å². The molecule has 0 aliphatic carbocycles. The van der Waals surface area contributed by atoms with Gasteiger partial charge in [0.1, 0.15) is 12.4 Å². The molecule has 0 aromatic heterocycles. The van der Waals surface area contributed by atoms with Crippen molar-refractivity contribution in [2.24, 2.45) is 0 Å². The lowest BCUT2D eigenvalue weighted by molar-refractivity contribution is 0.174. The Hall–Kier alpha value is -2.21. The van der Waals surface area contributed by atoms with Gasteiger partial charge in [-0.3, -0.25) is 0 Å². The Labute approximate surface area is 177 Å². The molecule has 1 N–H and O–H groups in total. The second-order valence-electron chi connectivity index (χ2n) is 6.46. The van der Waals surface area contributed by atoms with Gasteiger partial charge >= 0.3 is 0 Å². The molecule has 0 saturated heterocycles. The number of hydrogen-bond acceptors (Lipinski definition) is 4. The SMILES string of the molecule is Clc1cccc(COc2ccc(Br)cc2CNCc2ccc3c(c2)OCO3)c1. The molecule has 0 atom stereocenters. The van der Waals surface area contributed by atoms with Crippen molar-refractivity contribution in [2.75, 3.05) is 6.79 Å². The molecule has 0 bridgehead atoms. The highest BCUT2D eigenvalue weighted by Gasteiger charge is 2.13. The number of benzene rings is 3. The van der Waals surface area contributed by atoms with Crippen LogP contribution in [-0.2, 0) is 19.7 Å². The summed E-state index contributed by atoms with van der Waals surface area (Å²) in [6.07, 6.45) is 0. The molecular formula is C22H19BrClNO3. The second kappa shape index (κ2) is 8.86. The van der Waals surface area contributed by atoms with Gasteiger partial charge in [-0.1, -0.05) is 45.7 Å². The minimum absolute atomic E-state index is 0.289. The van der Waals surface area contributed by atoms with Gasteiger partial charge < -0.3 is 19.5 Å². The summed E-state index contributed by atoms with van der Waals surface area (Å²) in [6, 6.07) is 19.7. The molecular weight excluding hydrogens is 442 g/mol. The topological polar surface area (TPSA) is 39.7 Å². The van der Waals surface area contributed by atoms with E-state index in [-0.39, 0.29) is 6.79 Å². The van der Waals surface area contributed by atoms with Crippen molar-refractivity contribution >= 4 is 27.5 Å². The summed E-state index contributed by atoms with van der Waals surface area (Å²) in [5.74, 6) is 2.45. The van der Waals surface area contributed by atoms with Gasteiger partial charge in [0.2, 0.25) is 6.79 Å². The lowest BCUT2D eigenvalue weighted by Crippen LogP contribution is -2.13. The van der Waals surface area contributed by atoms with Gasteiger partial charge in [-0.15, -0.1) is 0 Å². The third-order valence-electron chi connectivity index (χ3n) is 4.39. The molecule has 4 nitrogen and oxygen atoms in total. The third-order valence-corrected chi connectivity index (χ3v) is 5.12. The molecule has 0 spiro atoms. The fraction of sp³-hybridized carbons (Fsp3) is 0.182. The van der Waals surface area contributed by atoms with Crippen molar-refractivity contribution in [3.63, 3.8) is 0 Å². The van der Waals surface area contributed by atoms with Crippen LogP contribution in [0.25, 0.3) is 0 Å². The number of nitrogens with one attached hydrogen (secondary N) is 1. The molecule has 1 aliphatic rings. The van der Waals surface area contributed by atoms with Crippen LogP contribution < -0.4 is 19.5 Å². The summed E-state index contributed by atoms with van der Waals surface area (Å²) in [7, 11) is 0. The first-order valence-electron chi connectivity index (χ1n) is 8.92. The highest BCUT2D eigenvalue weighted by molar-refractivity contribution is 9.10. The number of rotatable bonds is 7. The molecule has 1 heterocycles. The smallest absolute Gasteiger partial charge is 0.231 e. The Morgan fingerprint density at radius 2 is 1.82 bits per heavy atom. The number of ether oxygens (including phenoxy) is 3. The average Bonchev–Trinajstić information content (AvgIpc) is 3.15. The molecule has 28 heavy (non-hydrogen) atoms. The van der Waals surface area contributed by atoms with E-state index in [4.69, 9.17) is 25.8 Å². The lowest BCUT2D eigenvalue weighted by atomic mass is 10.1. The molecule has 1 aliphatic heterocycles. The summed E-state index contributed by atoms with van der Waals surface area (Å²) >= 11 is 9.59. The predicted octanol–water partition coefficient (Wildman–Crippen LogP) is 5.70. The van der Waals surface area contributed by atoms with E-state index < -0.39 is 0 Å². The molecule has 144 valence electrons. The van der Waals surface area contributed by atoms with Gasteiger partial charge in [0.25, 0.3) is 0 Å². The van der Waals surface area contributed by atoms with E-state index in [0.717, 1.165) is 45.0 Å². The zero-order valence-electron chi connectivity index (χ0n) is 15.1. The minimum atomic E-state index is 0.289. The van der Waals surface area contributed by atoms with Crippen molar-refractivity contribution < 1.29 is 14.2 Å². The molecule has 0 fully saturated rings. The first kappa shape index (κ1) is 19.1. The fourth-order valence-corrected chi connectivity index (χ4v) is 3.63. The Balaban J connectivity index is 1.39. The van der Waals surface area contributed by atoms with Gasteiger partial charge in [0.05, 0.1) is 0 Å². The van der Waals surface area contributed by atoms with Crippen LogP contribution in [0.5, 0.6) is 17.2 Å². The summed E-state index contributed by atoms with van der Waals surface area (Å²) in [5.41, 5.74) is 3.26. The number of halogens is 2. The van der Waals surface area contributed by atoms with E-state index >= 15 is 0 Å². The van der Waals surface area contributed by atoms with Gasteiger partial charge in [-0.25, -0.2) is 0 Å². The summed E-state index contributed by atoms with van der Waals surface area (Å²) in [5, 5.41) is 4.18. The molecule has 0 radical (unpaired) electrons. The third kappa shape index (κ3) is 4.79. The monoisotopic (exact) mass is 459 g/mol. The predicted molar refractivity (Wildman–Crippen MR) is 113 cm³/mol. The Morgan fingerprint density at radius 3 is 2.71 bits per heavy atom. The molecule has 4 rings (SSSR count). The number of fused-ring (bicyclic) bond motifs is 1. The van der Waals surface area contributed by atoms with Crippen LogP contribution in [0.3, 0.4) is 0 Å². The van der Waals surface area contributed by atoms with Crippen LogP contribution in [0.1, 0.15) is 16.7 Å². The number of hydrogen-bond donors (Lipinski definition) is 1. The van der Waals surface area contributed by atoms with Gasteiger partial charge in [0.15, 0.2) is 11.5 Å². The molecule has 0 saturated carbocycles. The van der Waals surface area contributed by atoms with Crippen molar-refractivity contribution in [1.82, 2.24) is 5.32 Å². The summed E-state index contributed by atoms with van der Waals surface area (Å²) < 4.78 is 17.8. The molecule has 0 unspecified atom stereocenters. The van der Waals surface area contributed by atoms with Crippen LogP contribution in [-0.4, -0.2) is 6.79 Å². The quantitative estimate of drug-likeness (QED) is 0.491. The maximum absolute atomic E-state index is 6.05. The van der Waals surface area contributed by atoms with Crippen molar-refractivity contribution in [2.45, 2.75) is 19.7 Å². The zero-order chi connectivity index (χ0) is 19.3. The largest absolute Gasteiger partial charge is 0.489 e. The Kier molecular flexibility index (Phi) is 6.05. The van der Waals surface area contributed by atoms with Crippen molar-refractivity contribution in [3.8, 4) is 17.2 Å². The summed E-state index contributed by atoms with van der Waals surface area (Å²) in [4.78, 5) is 0. The highest BCUT2D eigenvalue weighted by atomic mass is 79.9. The first-order chi connectivity index (χ1) is 13.7. The highest BCUT2D eigenvalue weighted by Crippen LogP contribution is 2.32.